The molecule has 116 valence electrons. The van der Waals surface area contributed by atoms with Gasteiger partial charge in [0.1, 0.15) is 5.75 Å². The first-order valence-corrected chi connectivity index (χ1v) is 7.66. The van der Waals surface area contributed by atoms with Crippen molar-refractivity contribution in [3.8, 4) is 5.75 Å². The highest BCUT2D eigenvalue weighted by Gasteiger charge is 2.27. The van der Waals surface area contributed by atoms with E-state index < -0.39 is 0 Å². The van der Waals surface area contributed by atoms with E-state index in [-0.39, 0.29) is 24.7 Å². The number of morpholine rings is 1. The van der Waals surface area contributed by atoms with Gasteiger partial charge in [-0.1, -0.05) is 30.3 Å². The molecule has 0 bridgehead atoms. The molecule has 0 spiro atoms. The molecule has 2 atom stereocenters. The average Bonchev–Trinajstić information content (AvgIpc) is 2.54. The smallest absolute Gasteiger partial charge is 0.260 e. The molecule has 2 aromatic rings. The summed E-state index contributed by atoms with van der Waals surface area (Å²) in [4.78, 5) is 14.2. The largest absolute Gasteiger partial charge is 0.484 e. The van der Waals surface area contributed by atoms with E-state index in [1.807, 2.05) is 55.1 Å². The number of hydrogen-bond acceptors (Lipinski definition) is 3. The maximum Gasteiger partial charge on any atom is 0.260 e. The monoisotopic (exact) mass is 299 g/mol. The van der Waals surface area contributed by atoms with Gasteiger partial charge in [0.2, 0.25) is 0 Å². The number of hydrogen-bond donors (Lipinski definition) is 0. The third kappa shape index (κ3) is 3.22. The summed E-state index contributed by atoms with van der Waals surface area (Å²) in [6.07, 6.45) is 0.0841. The Labute approximate surface area is 130 Å². The molecule has 3 rings (SSSR count). The van der Waals surface area contributed by atoms with Crippen LogP contribution < -0.4 is 4.74 Å². The van der Waals surface area contributed by atoms with Crippen LogP contribution in [0.25, 0.3) is 10.8 Å². The first-order valence-electron chi connectivity index (χ1n) is 7.66. The molecule has 1 saturated heterocycles. The van der Waals surface area contributed by atoms with E-state index in [4.69, 9.17) is 9.47 Å². The fraction of sp³-hybridized carbons (Fsp3) is 0.389. The minimum Gasteiger partial charge on any atom is -0.484 e. The zero-order valence-electron chi connectivity index (χ0n) is 13.0. The van der Waals surface area contributed by atoms with Crippen LogP contribution in [-0.4, -0.2) is 42.7 Å². The number of amides is 1. The van der Waals surface area contributed by atoms with Gasteiger partial charge in [0.25, 0.3) is 5.91 Å². The second-order valence-corrected chi connectivity index (χ2v) is 5.84. The number of fused-ring (bicyclic) bond motifs is 1. The van der Waals surface area contributed by atoms with Crippen molar-refractivity contribution in [3.63, 3.8) is 0 Å². The second-order valence-electron chi connectivity index (χ2n) is 5.84. The maximum atomic E-state index is 12.3. The Morgan fingerprint density at radius 2 is 2.00 bits per heavy atom. The molecule has 4 heteroatoms. The normalized spacial score (nSPS) is 21.8. The van der Waals surface area contributed by atoms with Gasteiger partial charge in [0, 0.05) is 6.54 Å². The van der Waals surface area contributed by atoms with Crippen LogP contribution >= 0.6 is 0 Å². The van der Waals surface area contributed by atoms with Crippen molar-refractivity contribution in [2.75, 3.05) is 19.8 Å². The van der Waals surface area contributed by atoms with Crippen molar-refractivity contribution in [2.24, 2.45) is 0 Å². The third-order valence-electron chi connectivity index (χ3n) is 4.01. The molecule has 22 heavy (non-hydrogen) atoms. The van der Waals surface area contributed by atoms with Gasteiger partial charge in [0.05, 0.1) is 18.8 Å². The summed E-state index contributed by atoms with van der Waals surface area (Å²) in [6, 6.07) is 14.1. The van der Waals surface area contributed by atoms with Gasteiger partial charge in [0.15, 0.2) is 6.61 Å². The predicted octanol–water partition coefficient (Wildman–Crippen LogP) is 2.85. The first kappa shape index (κ1) is 14.9. The lowest BCUT2D eigenvalue weighted by molar-refractivity contribution is -0.145. The fourth-order valence-electron chi connectivity index (χ4n) is 2.74. The molecule has 1 amide bonds. The molecule has 1 heterocycles. The lowest BCUT2D eigenvalue weighted by Crippen LogP contribution is -2.51. The molecule has 0 radical (unpaired) electrons. The quantitative estimate of drug-likeness (QED) is 0.875. The van der Waals surface area contributed by atoms with Gasteiger partial charge in [-0.3, -0.25) is 4.79 Å². The van der Waals surface area contributed by atoms with Crippen molar-refractivity contribution in [1.29, 1.82) is 0 Å². The van der Waals surface area contributed by atoms with E-state index in [9.17, 15) is 4.79 Å². The van der Waals surface area contributed by atoms with E-state index in [0.29, 0.717) is 13.2 Å². The number of carbonyl (C=O) groups excluding carboxylic acids is 1. The molecule has 0 aliphatic carbocycles. The average molecular weight is 299 g/mol. The highest BCUT2D eigenvalue weighted by Crippen LogP contribution is 2.21. The Kier molecular flexibility index (Phi) is 4.29. The predicted molar refractivity (Wildman–Crippen MR) is 86.0 cm³/mol. The molecule has 0 aromatic heterocycles. The summed E-state index contributed by atoms with van der Waals surface area (Å²) in [5, 5.41) is 2.28. The number of rotatable bonds is 3. The first-order chi connectivity index (χ1) is 10.6. The van der Waals surface area contributed by atoms with E-state index in [2.05, 4.69) is 6.07 Å². The molecule has 2 unspecified atom stereocenters. The van der Waals surface area contributed by atoms with Crippen LogP contribution in [0.3, 0.4) is 0 Å². The molecular formula is C18H21NO3. The van der Waals surface area contributed by atoms with Crippen LogP contribution in [0.1, 0.15) is 13.8 Å². The SMILES string of the molecule is CC1CN(C(=O)COc2ccc3ccccc3c2)C(C)CO1. The van der Waals surface area contributed by atoms with Crippen molar-refractivity contribution < 1.29 is 14.3 Å². The van der Waals surface area contributed by atoms with Gasteiger partial charge >= 0.3 is 0 Å². The summed E-state index contributed by atoms with van der Waals surface area (Å²) in [7, 11) is 0. The Bertz CT molecular complexity index is 670. The minimum absolute atomic E-state index is 0.0100. The summed E-state index contributed by atoms with van der Waals surface area (Å²) >= 11 is 0. The fourth-order valence-corrected chi connectivity index (χ4v) is 2.74. The van der Waals surface area contributed by atoms with E-state index in [1.54, 1.807) is 0 Å². The van der Waals surface area contributed by atoms with Gasteiger partial charge in [-0.05, 0) is 36.8 Å². The number of ether oxygens (including phenoxy) is 2. The number of nitrogens with zero attached hydrogens (tertiary/aromatic N) is 1. The molecule has 1 aliphatic heterocycles. The Hall–Kier alpha value is -2.07. The van der Waals surface area contributed by atoms with Crippen molar-refractivity contribution in [3.05, 3.63) is 42.5 Å². The van der Waals surface area contributed by atoms with Gasteiger partial charge in [-0.15, -0.1) is 0 Å². The zero-order chi connectivity index (χ0) is 15.5. The molecule has 0 N–H and O–H groups in total. The Balaban J connectivity index is 1.64. The van der Waals surface area contributed by atoms with Gasteiger partial charge < -0.3 is 14.4 Å². The lowest BCUT2D eigenvalue weighted by Gasteiger charge is -2.36. The molecule has 4 nitrogen and oxygen atoms in total. The Morgan fingerprint density at radius 1 is 1.23 bits per heavy atom. The zero-order valence-corrected chi connectivity index (χ0v) is 13.0. The minimum atomic E-state index is 0.0100. The van der Waals surface area contributed by atoms with Crippen molar-refractivity contribution >= 4 is 16.7 Å². The van der Waals surface area contributed by atoms with Crippen molar-refractivity contribution in [2.45, 2.75) is 26.0 Å². The maximum absolute atomic E-state index is 12.3. The summed E-state index contributed by atoms with van der Waals surface area (Å²) < 4.78 is 11.2. The number of carbonyl (C=O) groups is 1. The van der Waals surface area contributed by atoms with Gasteiger partial charge in [-0.25, -0.2) is 0 Å². The molecule has 1 fully saturated rings. The van der Waals surface area contributed by atoms with E-state index >= 15 is 0 Å². The highest BCUT2D eigenvalue weighted by atomic mass is 16.5. The van der Waals surface area contributed by atoms with Crippen LogP contribution in [-0.2, 0) is 9.53 Å². The molecule has 2 aromatic carbocycles. The molecule has 0 saturated carbocycles. The van der Waals surface area contributed by atoms with E-state index in [0.717, 1.165) is 16.5 Å². The third-order valence-corrected chi connectivity index (χ3v) is 4.01. The summed E-state index contributed by atoms with van der Waals surface area (Å²) in [6.45, 7) is 5.26. The topological polar surface area (TPSA) is 38.8 Å². The number of benzene rings is 2. The molecular weight excluding hydrogens is 278 g/mol. The van der Waals surface area contributed by atoms with Gasteiger partial charge in [-0.2, -0.15) is 0 Å². The van der Waals surface area contributed by atoms with E-state index in [1.165, 1.54) is 0 Å². The van der Waals surface area contributed by atoms with Crippen molar-refractivity contribution in [1.82, 2.24) is 4.90 Å². The van der Waals surface area contributed by atoms with Crippen LogP contribution in [0.2, 0.25) is 0 Å². The highest BCUT2D eigenvalue weighted by molar-refractivity contribution is 5.84. The van der Waals surface area contributed by atoms with Crippen LogP contribution in [0.15, 0.2) is 42.5 Å². The lowest BCUT2D eigenvalue weighted by atomic mass is 10.1. The summed E-state index contributed by atoms with van der Waals surface area (Å²) in [5.74, 6) is 0.733. The second kappa shape index (κ2) is 6.36. The Morgan fingerprint density at radius 3 is 2.82 bits per heavy atom. The molecule has 1 aliphatic rings. The van der Waals surface area contributed by atoms with Crippen LogP contribution in [0, 0.1) is 0 Å². The standard InChI is InChI=1S/C18H21NO3/c1-13-11-21-14(2)10-19(13)18(20)12-22-17-8-7-15-5-3-4-6-16(15)9-17/h3-9,13-14H,10-12H2,1-2H3. The van der Waals surface area contributed by atoms with Crippen LogP contribution in [0.4, 0.5) is 0 Å². The summed E-state index contributed by atoms with van der Waals surface area (Å²) in [5.41, 5.74) is 0. The van der Waals surface area contributed by atoms with Crippen LogP contribution in [0.5, 0.6) is 5.75 Å².